The van der Waals surface area contributed by atoms with E-state index in [1.807, 2.05) is 0 Å². The summed E-state index contributed by atoms with van der Waals surface area (Å²) in [5.41, 5.74) is 0.713. The van der Waals surface area contributed by atoms with Gasteiger partial charge in [0.25, 0.3) is 5.91 Å². The van der Waals surface area contributed by atoms with E-state index in [9.17, 15) is 4.79 Å². The molecule has 0 saturated heterocycles. The van der Waals surface area contributed by atoms with Crippen LogP contribution in [0, 0.1) is 6.92 Å². The van der Waals surface area contributed by atoms with Crippen LogP contribution in [-0.2, 0) is 0 Å². The Labute approximate surface area is 159 Å². The van der Waals surface area contributed by atoms with Gasteiger partial charge in [0.1, 0.15) is 17.3 Å². The second kappa shape index (κ2) is 7.92. The number of halogens is 1. The van der Waals surface area contributed by atoms with E-state index in [-0.39, 0.29) is 5.69 Å². The van der Waals surface area contributed by atoms with Crippen molar-refractivity contribution in [3.8, 4) is 11.5 Å². The SMILES string of the molecule is COc1cc(Nc2ccc(C(=O)Nc3cc(C)on3)nn2)c(OC)cc1Cl. The molecule has 0 atom stereocenters. The predicted octanol–water partition coefficient (Wildman–Crippen LogP) is 3.44. The maximum Gasteiger partial charge on any atom is 0.277 e. The molecule has 0 unspecified atom stereocenters. The number of methoxy groups -OCH3 is 2. The van der Waals surface area contributed by atoms with Gasteiger partial charge in [-0.25, -0.2) is 0 Å². The number of amides is 1. The van der Waals surface area contributed by atoms with Crippen LogP contribution in [0.3, 0.4) is 0 Å². The first-order valence-corrected chi connectivity index (χ1v) is 8.15. The Morgan fingerprint density at radius 3 is 2.44 bits per heavy atom. The van der Waals surface area contributed by atoms with Crippen molar-refractivity contribution < 1.29 is 18.8 Å². The molecule has 0 saturated carbocycles. The van der Waals surface area contributed by atoms with Crippen molar-refractivity contribution in [1.29, 1.82) is 0 Å². The topological polar surface area (TPSA) is 111 Å². The third-order valence-corrected chi connectivity index (χ3v) is 3.80. The van der Waals surface area contributed by atoms with Crippen molar-refractivity contribution in [1.82, 2.24) is 15.4 Å². The second-order valence-corrected chi connectivity index (χ2v) is 5.80. The van der Waals surface area contributed by atoms with Crippen LogP contribution >= 0.6 is 11.6 Å². The number of hydrogen-bond acceptors (Lipinski definition) is 8. The van der Waals surface area contributed by atoms with Crippen molar-refractivity contribution >= 4 is 34.8 Å². The molecule has 9 nitrogen and oxygen atoms in total. The van der Waals surface area contributed by atoms with Crippen molar-refractivity contribution in [2.24, 2.45) is 0 Å². The van der Waals surface area contributed by atoms with Crippen LogP contribution in [0.4, 0.5) is 17.3 Å². The summed E-state index contributed by atoms with van der Waals surface area (Å²) < 4.78 is 15.4. The van der Waals surface area contributed by atoms with Crippen molar-refractivity contribution in [3.05, 3.63) is 46.8 Å². The summed E-state index contributed by atoms with van der Waals surface area (Å²) in [6.07, 6.45) is 0. The molecule has 2 N–H and O–H groups in total. The summed E-state index contributed by atoms with van der Waals surface area (Å²) in [5.74, 6) is 1.83. The van der Waals surface area contributed by atoms with Crippen molar-refractivity contribution in [2.75, 3.05) is 24.9 Å². The fourth-order valence-electron chi connectivity index (χ4n) is 2.22. The number of rotatable bonds is 6. The maximum atomic E-state index is 12.1. The van der Waals surface area contributed by atoms with Crippen molar-refractivity contribution in [2.45, 2.75) is 6.92 Å². The molecule has 0 aliphatic carbocycles. The van der Waals surface area contributed by atoms with Gasteiger partial charge in [-0.3, -0.25) is 4.79 Å². The van der Waals surface area contributed by atoms with Gasteiger partial charge in [0, 0.05) is 18.2 Å². The highest BCUT2D eigenvalue weighted by atomic mass is 35.5. The number of carbonyl (C=O) groups excluding carboxylic acids is 1. The van der Waals surface area contributed by atoms with E-state index in [2.05, 4.69) is 26.0 Å². The first kappa shape index (κ1) is 18.5. The molecule has 1 aromatic carbocycles. The summed E-state index contributed by atoms with van der Waals surface area (Å²) in [5, 5.41) is 17.6. The van der Waals surface area contributed by atoms with Gasteiger partial charge in [-0.1, -0.05) is 16.8 Å². The van der Waals surface area contributed by atoms with E-state index in [4.69, 9.17) is 25.6 Å². The molecule has 2 aromatic heterocycles. The Kier molecular flexibility index (Phi) is 5.41. The Bertz CT molecular complexity index is 958. The number of hydrogen-bond donors (Lipinski definition) is 2. The Hall–Kier alpha value is -3.33. The summed E-state index contributed by atoms with van der Waals surface area (Å²) in [7, 11) is 3.04. The zero-order chi connectivity index (χ0) is 19.4. The average Bonchev–Trinajstić information content (AvgIpc) is 3.08. The van der Waals surface area contributed by atoms with Crippen LogP contribution in [0.25, 0.3) is 0 Å². The zero-order valence-electron chi connectivity index (χ0n) is 14.7. The molecule has 0 aliphatic heterocycles. The molecule has 10 heteroatoms. The van der Waals surface area contributed by atoms with Gasteiger partial charge in [0.05, 0.1) is 24.9 Å². The summed E-state index contributed by atoms with van der Waals surface area (Å²) in [4.78, 5) is 12.1. The summed E-state index contributed by atoms with van der Waals surface area (Å²) >= 11 is 6.09. The second-order valence-electron chi connectivity index (χ2n) is 5.39. The first-order chi connectivity index (χ1) is 13.0. The highest BCUT2D eigenvalue weighted by molar-refractivity contribution is 6.32. The minimum Gasteiger partial charge on any atom is -0.495 e. The molecule has 2 heterocycles. The highest BCUT2D eigenvalue weighted by Gasteiger charge is 2.13. The number of nitrogens with one attached hydrogen (secondary N) is 2. The molecule has 140 valence electrons. The van der Waals surface area contributed by atoms with Gasteiger partial charge < -0.3 is 24.6 Å². The standard InChI is InChI=1S/C17H16ClN5O4/c1-9-6-16(23-27-9)20-17(24)11-4-5-15(22-21-11)19-12-8-13(25-2)10(18)7-14(12)26-3/h4-8H,1-3H3,(H,19,22)(H,20,23,24). The molecule has 0 radical (unpaired) electrons. The highest BCUT2D eigenvalue weighted by Crippen LogP contribution is 2.36. The number of benzene rings is 1. The third-order valence-electron chi connectivity index (χ3n) is 3.50. The van der Waals surface area contributed by atoms with Gasteiger partial charge in [0.2, 0.25) is 0 Å². The van der Waals surface area contributed by atoms with E-state index >= 15 is 0 Å². The van der Waals surface area contributed by atoms with Gasteiger partial charge in [0.15, 0.2) is 17.3 Å². The predicted molar refractivity (Wildman–Crippen MR) is 99.1 cm³/mol. The smallest absolute Gasteiger partial charge is 0.277 e. The lowest BCUT2D eigenvalue weighted by molar-refractivity contribution is 0.102. The number of anilines is 3. The van der Waals surface area contributed by atoms with Crippen LogP contribution in [0.5, 0.6) is 11.5 Å². The van der Waals surface area contributed by atoms with Gasteiger partial charge in [-0.05, 0) is 19.1 Å². The minimum absolute atomic E-state index is 0.127. The molecular weight excluding hydrogens is 374 g/mol. The lowest BCUT2D eigenvalue weighted by atomic mass is 10.2. The quantitative estimate of drug-likeness (QED) is 0.659. The molecule has 27 heavy (non-hydrogen) atoms. The molecule has 3 rings (SSSR count). The maximum absolute atomic E-state index is 12.1. The fourth-order valence-corrected chi connectivity index (χ4v) is 2.45. The molecular formula is C17H16ClN5O4. The van der Waals surface area contributed by atoms with Gasteiger partial charge >= 0.3 is 0 Å². The third kappa shape index (κ3) is 4.26. The van der Waals surface area contributed by atoms with Gasteiger partial charge in [-0.2, -0.15) is 0 Å². The first-order valence-electron chi connectivity index (χ1n) is 7.77. The van der Waals surface area contributed by atoms with Gasteiger partial charge in [-0.15, -0.1) is 10.2 Å². The molecule has 0 aliphatic rings. The largest absolute Gasteiger partial charge is 0.495 e. The van der Waals surface area contributed by atoms with Crippen LogP contribution < -0.4 is 20.1 Å². The van der Waals surface area contributed by atoms with E-state index in [0.29, 0.717) is 39.6 Å². The number of nitrogens with zero attached hydrogens (tertiary/aromatic N) is 3. The Morgan fingerprint density at radius 1 is 1.07 bits per heavy atom. The summed E-state index contributed by atoms with van der Waals surface area (Å²) in [6, 6.07) is 8.03. The van der Waals surface area contributed by atoms with E-state index < -0.39 is 5.91 Å². The molecule has 3 aromatic rings. The lowest BCUT2D eigenvalue weighted by Crippen LogP contribution is -2.14. The number of aromatic nitrogens is 3. The normalized spacial score (nSPS) is 10.4. The lowest BCUT2D eigenvalue weighted by Gasteiger charge is -2.13. The van der Waals surface area contributed by atoms with E-state index in [1.165, 1.54) is 20.3 Å². The van der Waals surface area contributed by atoms with Crippen molar-refractivity contribution in [3.63, 3.8) is 0 Å². The Morgan fingerprint density at radius 2 is 1.85 bits per heavy atom. The number of aryl methyl sites for hydroxylation is 1. The monoisotopic (exact) mass is 389 g/mol. The average molecular weight is 390 g/mol. The molecule has 1 amide bonds. The number of carbonyl (C=O) groups is 1. The summed E-state index contributed by atoms with van der Waals surface area (Å²) in [6.45, 7) is 1.73. The van der Waals surface area contributed by atoms with Crippen LogP contribution in [0.2, 0.25) is 5.02 Å². The van der Waals surface area contributed by atoms with Crippen LogP contribution in [0.15, 0.2) is 34.9 Å². The molecule has 0 spiro atoms. The fraction of sp³-hybridized carbons (Fsp3) is 0.176. The minimum atomic E-state index is -0.451. The molecule has 0 fully saturated rings. The molecule has 0 bridgehead atoms. The number of ether oxygens (including phenoxy) is 2. The van der Waals surface area contributed by atoms with E-state index in [0.717, 1.165) is 0 Å². The van der Waals surface area contributed by atoms with Crippen LogP contribution in [0.1, 0.15) is 16.2 Å². The Balaban J connectivity index is 1.75. The zero-order valence-corrected chi connectivity index (χ0v) is 15.5. The van der Waals surface area contributed by atoms with E-state index in [1.54, 1.807) is 31.2 Å². The van der Waals surface area contributed by atoms with Crippen LogP contribution in [-0.4, -0.2) is 35.5 Å².